The Kier molecular flexibility index (Phi) is 5.29. The molecule has 144 valence electrons. The van der Waals surface area contributed by atoms with Crippen LogP contribution in [0.25, 0.3) is 11.3 Å². The third-order valence-corrected chi connectivity index (χ3v) is 5.02. The van der Waals surface area contributed by atoms with Gasteiger partial charge in [0.2, 0.25) is 5.88 Å². The van der Waals surface area contributed by atoms with E-state index in [1.165, 1.54) is 0 Å². The fourth-order valence-corrected chi connectivity index (χ4v) is 3.46. The molecule has 4 rings (SSSR count). The van der Waals surface area contributed by atoms with Crippen molar-refractivity contribution in [2.45, 2.75) is 26.0 Å². The van der Waals surface area contributed by atoms with Crippen LogP contribution in [-0.2, 0) is 0 Å². The van der Waals surface area contributed by atoms with Crippen LogP contribution in [0.2, 0.25) is 0 Å². The van der Waals surface area contributed by atoms with Crippen LogP contribution in [0.3, 0.4) is 0 Å². The molecule has 1 aromatic heterocycles. The first-order chi connectivity index (χ1) is 13.7. The number of hydrogen-bond donors (Lipinski definition) is 2. The molecular weight excluding hydrogens is 424 g/mol. The average molecular weight is 443 g/mol. The minimum absolute atomic E-state index is 0.167. The van der Waals surface area contributed by atoms with Crippen LogP contribution >= 0.6 is 15.9 Å². The van der Waals surface area contributed by atoms with Crippen LogP contribution in [0.15, 0.2) is 46.9 Å². The third kappa shape index (κ3) is 3.73. The molecular formula is C20H19BrN4O3. The zero-order chi connectivity index (χ0) is 19.5. The van der Waals surface area contributed by atoms with E-state index in [2.05, 4.69) is 43.4 Å². The normalized spacial score (nSPS) is 14.9. The van der Waals surface area contributed by atoms with Gasteiger partial charge in [-0.1, -0.05) is 52.6 Å². The predicted molar refractivity (Wildman–Crippen MR) is 108 cm³/mol. The van der Waals surface area contributed by atoms with Crippen molar-refractivity contribution in [3.63, 3.8) is 0 Å². The topological polar surface area (TPSA) is 89.4 Å². The summed E-state index contributed by atoms with van der Waals surface area (Å²) in [5, 5.41) is 21.5. The van der Waals surface area contributed by atoms with Gasteiger partial charge in [-0.3, -0.25) is 0 Å². The van der Waals surface area contributed by atoms with Gasteiger partial charge in [0.25, 0.3) is 0 Å². The summed E-state index contributed by atoms with van der Waals surface area (Å²) < 4.78 is 12.5. The Hall–Kier alpha value is -2.87. The van der Waals surface area contributed by atoms with E-state index in [0.29, 0.717) is 22.7 Å². The van der Waals surface area contributed by atoms with Gasteiger partial charge in [-0.25, -0.2) is 0 Å². The van der Waals surface area contributed by atoms with Crippen molar-refractivity contribution < 1.29 is 14.6 Å². The number of anilines is 1. The maximum absolute atomic E-state index is 9.71. The van der Waals surface area contributed by atoms with Gasteiger partial charge in [0.05, 0.1) is 6.61 Å². The van der Waals surface area contributed by atoms with Crippen molar-refractivity contribution in [1.29, 1.82) is 0 Å². The summed E-state index contributed by atoms with van der Waals surface area (Å²) in [4.78, 5) is 4.44. The Morgan fingerprint density at radius 3 is 2.89 bits per heavy atom. The molecule has 1 aliphatic rings. The number of rotatable bonds is 5. The molecule has 1 aliphatic heterocycles. The van der Waals surface area contributed by atoms with Gasteiger partial charge in [0.1, 0.15) is 5.75 Å². The maximum Gasteiger partial charge on any atom is 0.339 e. The van der Waals surface area contributed by atoms with E-state index in [0.717, 1.165) is 29.7 Å². The summed E-state index contributed by atoms with van der Waals surface area (Å²) in [5.41, 5.74) is 3.05. The van der Waals surface area contributed by atoms with Gasteiger partial charge < -0.3 is 19.9 Å². The van der Waals surface area contributed by atoms with Crippen LogP contribution in [0.1, 0.15) is 31.6 Å². The molecule has 2 aromatic carbocycles. The number of halogens is 1. The van der Waals surface area contributed by atoms with E-state index in [1.807, 2.05) is 24.3 Å². The van der Waals surface area contributed by atoms with Crippen LogP contribution < -0.4 is 14.8 Å². The van der Waals surface area contributed by atoms with Gasteiger partial charge >= 0.3 is 6.01 Å². The molecule has 0 aliphatic carbocycles. The van der Waals surface area contributed by atoms with E-state index >= 15 is 0 Å². The highest BCUT2D eigenvalue weighted by molar-refractivity contribution is 9.10. The lowest BCUT2D eigenvalue weighted by atomic mass is 10.1. The number of ether oxygens (including phenoxy) is 2. The molecule has 3 aromatic rings. The summed E-state index contributed by atoms with van der Waals surface area (Å²) in [7, 11) is 0. The summed E-state index contributed by atoms with van der Waals surface area (Å²) >= 11 is 3.49. The molecule has 0 spiro atoms. The lowest BCUT2D eigenvalue weighted by molar-refractivity contribution is 0.217. The quantitative estimate of drug-likeness (QED) is 0.553. The van der Waals surface area contributed by atoms with Crippen molar-refractivity contribution in [3.05, 3.63) is 52.5 Å². The second-order valence-corrected chi connectivity index (χ2v) is 7.20. The highest BCUT2D eigenvalue weighted by Gasteiger charge is 2.27. The van der Waals surface area contributed by atoms with E-state index in [9.17, 15) is 5.11 Å². The number of hydrogen-bond acceptors (Lipinski definition) is 7. The van der Waals surface area contributed by atoms with Gasteiger partial charge in [0.15, 0.2) is 11.9 Å². The Labute approximate surface area is 170 Å². The van der Waals surface area contributed by atoms with Gasteiger partial charge in [-0.05, 0) is 30.7 Å². The lowest BCUT2D eigenvalue weighted by Crippen LogP contribution is -2.17. The Bertz CT molecular complexity index is 999. The van der Waals surface area contributed by atoms with E-state index in [-0.39, 0.29) is 11.8 Å². The third-order valence-electron chi connectivity index (χ3n) is 4.33. The summed E-state index contributed by atoms with van der Waals surface area (Å²) in [6.45, 7) is 2.62. The summed E-state index contributed by atoms with van der Waals surface area (Å²) in [5.74, 6) is 0.504. The number of para-hydroxylation sites is 1. The van der Waals surface area contributed by atoms with E-state index < -0.39 is 6.23 Å². The molecule has 1 unspecified atom stereocenters. The molecule has 0 saturated carbocycles. The number of phenols is 1. The molecule has 0 radical (unpaired) electrons. The second-order valence-electron chi connectivity index (χ2n) is 6.34. The van der Waals surface area contributed by atoms with Crippen LogP contribution in [-0.4, -0.2) is 26.9 Å². The summed E-state index contributed by atoms with van der Waals surface area (Å²) in [6.07, 6.45) is 1.38. The molecule has 0 amide bonds. The van der Waals surface area contributed by atoms with Gasteiger partial charge in [-0.2, -0.15) is 4.98 Å². The van der Waals surface area contributed by atoms with Gasteiger partial charge in [0, 0.05) is 21.3 Å². The number of nitrogens with zero attached hydrogens (tertiary/aromatic N) is 3. The molecule has 7 nitrogen and oxygen atoms in total. The Balaban J connectivity index is 1.76. The van der Waals surface area contributed by atoms with Crippen LogP contribution in [0.4, 0.5) is 5.69 Å². The summed E-state index contributed by atoms with van der Waals surface area (Å²) in [6, 6.07) is 13.0. The van der Waals surface area contributed by atoms with Crippen LogP contribution in [0.5, 0.6) is 17.6 Å². The van der Waals surface area contributed by atoms with Crippen LogP contribution in [0, 0.1) is 0 Å². The molecule has 2 heterocycles. The monoisotopic (exact) mass is 442 g/mol. The fourth-order valence-electron chi connectivity index (χ4n) is 2.89. The average Bonchev–Trinajstić information content (AvgIpc) is 2.84. The van der Waals surface area contributed by atoms with E-state index in [1.54, 1.807) is 18.2 Å². The highest BCUT2D eigenvalue weighted by atomic mass is 79.9. The standard InChI is InChI=1S/C20H19BrN4O3/c1-2-3-10-27-20-23-19-17(24-25-20)14-6-4-5-7-16(14)22-18(28-19)13-9-8-12(26)11-15(13)21/h4-9,11,18,22,26H,2-3,10H2,1H3. The van der Waals surface area contributed by atoms with Gasteiger partial charge in [-0.15, -0.1) is 5.10 Å². The maximum atomic E-state index is 9.71. The number of fused-ring (bicyclic) bond motifs is 3. The number of unbranched alkanes of at least 4 members (excludes halogenated alkanes) is 1. The number of aromatic nitrogens is 3. The highest BCUT2D eigenvalue weighted by Crippen LogP contribution is 2.40. The second kappa shape index (κ2) is 8.02. The first-order valence-electron chi connectivity index (χ1n) is 9.04. The molecule has 0 bridgehead atoms. The van der Waals surface area contributed by atoms with Crippen molar-refractivity contribution >= 4 is 21.6 Å². The number of benzene rings is 2. The SMILES string of the molecule is CCCCOc1nnc2c(n1)OC(c1ccc(O)cc1Br)Nc1ccccc1-2. The minimum atomic E-state index is -0.544. The number of phenolic OH excluding ortho intramolecular Hbond substituents is 1. The zero-order valence-corrected chi connectivity index (χ0v) is 16.8. The van der Waals surface area contributed by atoms with Crippen molar-refractivity contribution in [3.8, 4) is 28.9 Å². The van der Waals surface area contributed by atoms with E-state index in [4.69, 9.17) is 9.47 Å². The first kappa shape index (κ1) is 18.5. The van der Waals surface area contributed by atoms with Crippen molar-refractivity contribution in [2.24, 2.45) is 0 Å². The first-order valence-corrected chi connectivity index (χ1v) is 9.83. The molecule has 2 N–H and O–H groups in total. The minimum Gasteiger partial charge on any atom is -0.508 e. The molecule has 0 saturated heterocycles. The molecule has 28 heavy (non-hydrogen) atoms. The molecule has 8 heteroatoms. The largest absolute Gasteiger partial charge is 0.508 e. The zero-order valence-electron chi connectivity index (χ0n) is 15.2. The van der Waals surface area contributed by atoms with Crippen molar-refractivity contribution in [1.82, 2.24) is 15.2 Å². The predicted octanol–water partition coefficient (Wildman–Crippen LogP) is 4.69. The Morgan fingerprint density at radius 1 is 1.21 bits per heavy atom. The number of aromatic hydroxyl groups is 1. The smallest absolute Gasteiger partial charge is 0.339 e. The molecule has 1 atom stereocenters. The lowest BCUT2D eigenvalue weighted by Gasteiger charge is -2.20. The number of nitrogens with one attached hydrogen (secondary N) is 1. The fraction of sp³-hybridized carbons (Fsp3) is 0.250. The van der Waals surface area contributed by atoms with Crippen molar-refractivity contribution in [2.75, 3.05) is 11.9 Å². The Morgan fingerprint density at radius 2 is 2.07 bits per heavy atom. The molecule has 0 fully saturated rings.